The zero-order chi connectivity index (χ0) is 27.2. The van der Waals surface area contributed by atoms with Crippen molar-refractivity contribution in [3.8, 4) is 0 Å². The maximum Gasteiger partial charge on any atom is 0.404 e. The molecule has 1 saturated carbocycles. The van der Waals surface area contributed by atoms with Crippen LogP contribution in [0.2, 0.25) is 0 Å². The average Bonchev–Trinajstić information content (AvgIpc) is 2.92. The van der Waals surface area contributed by atoms with Crippen LogP contribution in [0.15, 0.2) is 42.4 Å². The largest absolute Gasteiger partial charge is 0.465 e. The second-order valence-electron chi connectivity index (χ2n) is 10.5. The Labute approximate surface area is 225 Å². The third kappa shape index (κ3) is 10.1. The number of ether oxygens (including phenoxy) is 2. The van der Waals surface area contributed by atoms with E-state index in [1.165, 1.54) is 19.3 Å². The molecule has 38 heavy (non-hydrogen) atoms. The number of hydrogen-bond donors (Lipinski definition) is 3. The molecule has 1 saturated heterocycles. The summed E-state index contributed by atoms with van der Waals surface area (Å²) in [5.74, 6) is 1.09. The highest BCUT2D eigenvalue weighted by molar-refractivity contribution is 5.64. The second-order valence-corrected chi connectivity index (χ2v) is 10.5. The first kappa shape index (κ1) is 29.7. The molecule has 1 amide bonds. The van der Waals surface area contributed by atoms with Crippen LogP contribution in [-0.2, 0) is 9.47 Å². The summed E-state index contributed by atoms with van der Waals surface area (Å²) in [6.07, 6.45) is 9.06. The van der Waals surface area contributed by atoms with E-state index in [0.29, 0.717) is 38.0 Å². The molecule has 2 aliphatic rings. The average molecular weight is 533 g/mol. The quantitative estimate of drug-likeness (QED) is 0.168. The number of rotatable bonds is 15. The number of hydrogen-bond acceptors (Lipinski definition) is 7. The lowest BCUT2D eigenvalue weighted by atomic mass is 9.84. The summed E-state index contributed by atoms with van der Waals surface area (Å²) in [6, 6.07) is 9.92. The van der Waals surface area contributed by atoms with Crippen LogP contribution < -0.4 is 10.6 Å². The summed E-state index contributed by atoms with van der Waals surface area (Å²) in [6.45, 7) is 2.71. The number of carbonyl (C=O) groups is 1. The maximum absolute atomic E-state index is 11.6. The summed E-state index contributed by atoms with van der Waals surface area (Å²) in [7, 11) is 1.68. The Hall–Kier alpha value is -2.85. The van der Waals surface area contributed by atoms with Gasteiger partial charge in [0.2, 0.25) is 0 Å². The van der Waals surface area contributed by atoms with E-state index < -0.39 is 11.0 Å². The van der Waals surface area contributed by atoms with Gasteiger partial charge >= 0.3 is 6.09 Å². The number of likely N-dealkylation sites (tertiary alicyclic amines) is 1. The van der Waals surface area contributed by atoms with Crippen LogP contribution in [0.25, 0.3) is 0 Å². The second kappa shape index (κ2) is 16.2. The smallest absolute Gasteiger partial charge is 0.404 e. The molecule has 2 unspecified atom stereocenters. The number of nitrogens with zero attached hydrogens (tertiary/aromatic N) is 2. The van der Waals surface area contributed by atoms with Crippen molar-refractivity contribution in [3.63, 3.8) is 0 Å². The Morgan fingerprint density at radius 3 is 2.63 bits per heavy atom. The minimum absolute atomic E-state index is 0.126. The predicted molar refractivity (Wildman–Crippen MR) is 145 cm³/mol. The van der Waals surface area contributed by atoms with E-state index in [1.54, 1.807) is 7.11 Å². The first-order valence-corrected chi connectivity index (χ1v) is 13.9. The van der Waals surface area contributed by atoms with Crippen LogP contribution in [0.3, 0.4) is 0 Å². The molecule has 1 aliphatic heterocycles. The molecule has 0 aromatic heterocycles. The lowest BCUT2D eigenvalue weighted by Gasteiger charge is -2.40. The third-order valence-corrected chi connectivity index (χ3v) is 7.57. The molecule has 0 radical (unpaired) electrons. The Morgan fingerprint density at radius 2 is 1.95 bits per heavy atom. The van der Waals surface area contributed by atoms with Gasteiger partial charge in [-0.3, -0.25) is 10.1 Å². The number of methoxy groups -OCH3 is 1. The fourth-order valence-electron chi connectivity index (χ4n) is 5.78. The molecule has 0 spiro atoms. The fraction of sp³-hybridized carbons (Fsp3) is 0.679. The molecular formula is C28H44N4O6. The molecule has 10 heteroatoms. The minimum atomic E-state index is -1.09. The molecule has 1 aromatic carbocycles. The van der Waals surface area contributed by atoms with E-state index in [2.05, 4.69) is 22.8 Å². The van der Waals surface area contributed by atoms with Crippen molar-refractivity contribution in [1.29, 1.82) is 0 Å². The number of nitro groups is 1. The molecule has 1 aromatic rings. The van der Waals surface area contributed by atoms with Gasteiger partial charge in [0.25, 0.3) is 6.20 Å². The highest BCUT2D eigenvalue weighted by atomic mass is 16.6. The van der Waals surface area contributed by atoms with Crippen LogP contribution in [0, 0.1) is 22.0 Å². The summed E-state index contributed by atoms with van der Waals surface area (Å²) in [5.41, 5.74) is 1.10. The van der Waals surface area contributed by atoms with Crippen LogP contribution >= 0.6 is 0 Å². The van der Waals surface area contributed by atoms with Crippen molar-refractivity contribution < 1.29 is 24.3 Å². The van der Waals surface area contributed by atoms with Crippen molar-refractivity contribution in [2.24, 2.45) is 11.8 Å². The molecule has 3 rings (SSSR count). The molecule has 1 heterocycles. The van der Waals surface area contributed by atoms with Crippen molar-refractivity contribution in [2.75, 3.05) is 40.0 Å². The standard InChI is InChI=1S/C28H44N4O6/c1-37-16-9-17-38-27(23-12-6-3-7-13-23)24-14-8-15-31(20-24)26(21-32(35)36)30-25(19-29-28(33)34)18-22-10-4-2-5-11-22/h3,6-7,12-13,21-22,24-25,27,29-30H,2,4-5,8-11,14-20H2,1H3,(H,33,34)/t24?,25?,27-/m1/s1. The van der Waals surface area contributed by atoms with E-state index in [0.717, 1.165) is 50.3 Å². The van der Waals surface area contributed by atoms with Gasteiger partial charge in [-0.2, -0.15) is 0 Å². The minimum Gasteiger partial charge on any atom is -0.465 e. The summed E-state index contributed by atoms with van der Waals surface area (Å²) in [4.78, 5) is 24.5. The van der Waals surface area contributed by atoms with Crippen molar-refractivity contribution in [2.45, 2.75) is 69.9 Å². The van der Waals surface area contributed by atoms with Gasteiger partial charge in [0, 0.05) is 51.9 Å². The lowest BCUT2D eigenvalue weighted by molar-refractivity contribution is -0.404. The molecule has 3 N–H and O–H groups in total. The van der Waals surface area contributed by atoms with Crippen LogP contribution in [0.1, 0.15) is 69.5 Å². The zero-order valence-electron chi connectivity index (χ0n) is 22.6. The highest BCUT2D eigenvalue weighted by Crippen LogP contribution is 2.34. The van der Waals surface area contributed by atoms with Gasteiger partial charge in [0.1, 0.15) is 0 Å². The fourth-order valence-corrected chi connectivity index (χ4v) is 5.78. The summed E-state index contributed by atoms with van der Waals surface area (Å²) < 4.78 is 11.5. The lowest BCUT2D eigenvalue weighted by Crippen LogP contribution is -2.48. The van der Waals surface area contributed by atoms with Crippen molar-refractivity contribution >= 4 is 6.09 Å². The van der Waals surface area contributed by atoms with Crippen molar-refractivity contribution in [1.82, 2.24) is 15.5 Å². The van der Waals surface area contributed by atoms with Crippen molar-refractivity contribution in [3.05, 3.63) is 58.0 Å². The van der Waals surface area contributed by atoms with Gasteiger partial charge < -0.3 is 30.1 Å². The highest BCUT2D eigenvalue weighted by Gasteiger charge is 2.32. The number of nitrogens with one attached hydrogen (secondary N) is 2. The number of piperidine rings is 1. The molecular weight excluding hydrogens is 488 g/mol. The maximum atomic E-state index is 11.6. The molecule has 2 fully saturated rings. The normalized spacial score (nSPS) is 20.5. The molecule has 3 atom stereocenters. The van der Waals surface area contributed by atoms with E-state index in [-0.39, 0.29) is 24.6 Å². The number of carboxylic acid groups (broad SMARTS) is 1. The van der Waals surface area contributed by atoms with Gasteiger partial charge in [-0.05, 0) is 37.2 Å². The molecule has 10 nitrogen and oxygen atoms in total. The van der Waals surface area contributed by atoms with Crippen LogP contribution in [-0.4, -0.2) is 67.0 Å². The SMILES string of the molecule is COCCCO[C@H](c1ccccc1)C1CCCN(C(=C[N+](=O)[O-])NC(CNC(=O)O)CC2CCCCC2)C1. The topological polar surface area (TPSA) is 126 Å². The summed E-state index contributed by atoms with van der Waals surface area (Å²) >= 11 is 0. The first-order chi connectivity index (χ1) is 18.5. The van der Waals surface area contributed by atoms with Crippen LogP contribution in [0.4, 0.5) is 4.79 Å². The zero-order valence-corrected chi connectivity index (χ0v) is 22.6. The van der Waals surface area contributed by atoms with E-state index in [9.17, 15) is 20.0 Å². The Kier molecular flexibility index (Phi) is 12.7. The Balaban J connectivity index is 1.75. The molecule has 0 bridgehead atoms. The molecule has 1 aliphatic carbocycles. The van der Waals surface area contributed by atoms with Gasteiger partial charge in [-0.1, -0.05) is 62.4 Å². The molecule has 212 valence electrons. The van der Waals surface area contributed by atoms with Gasteiger partial charge in [-0.15, -0.1) is 0 Å². The monoisotopic (exact) mass is 532 g/mol. The van der Waals surface area contributed by atoms with Gasteiger partial charge in [-0.25, -0.2) is 4.79 Å². The number of benzene rings is 1. The van der Waals surface area contributed by atoms with Crippen LogP contribution in [0.5, 0.6) is 0 Å². The van der Waals surface area contributed by atoms with Gasteiger partial charge in [0.05, 0.1) is 11.0 Å². The predicted octanol–water partition coefficient (Wildman–Crippen LogP) is 4.76. The number of amides is 1. The van der Waals surface area contributed by atoms with E-state index >= 15 is 0 Å². The van der Waals surface area contributed by atoms with Gasteiger partial charge in [0.15, 0.2) is 5.82 Å². The first-order valence-electron chi connectivity index (χ1n) is 13.9. The Morgan fingerprint density at radius 1 is 1.18 bits per heavy atom. The Bertz CT molecular complexity index is 877. The van der Waals surface area contributed by atoms with E-state index in [4.69, 9.17) is 9.47 Å². The third-order valence-electron chi connectivity index (χ3n) is 7.57. The summed E-state index contributed by atoms with van der Waals surface area (Å²) in [5, 5.41) is 26.7. The van der Waals surface area contributed by atoms with E-state index in [1.807, 2.05) is 23.1 Å².